The molecule has 1 aliphatic rings. The van der Waals surface area contributed by atoms with Gasteiger partial charge in [-0.2, -0.15) is 0 Å². The first-order valence-electron chi connectivity index (χ1n) is 7.75. The van der Waals surface area contributed by atoms with E-state index in [2.05, 4.69) is 9.97 Å². The van der Waals surface area contributed by atoms with E-state index in [0.29, 0.717) is 5.75 Å². The third-order valence-electron chi connectivity index (χ3n) is 4.03. The Hall–Kier alpha value is -2.50. The summed E-state index contributed by atoms with van der Waals surface area (Å²) in [5.74, 6) is 2.26. The van der Waals surface area contributed by atoms with Crippen molar-refractivity contribution in [2.75, 3.05) is 20.3 Å². The van der Waals surface area contributed by atoms with Crippen LogP contribution in [-0.4, -0.2) is 41.0 Å². The summed E-state index contributed by atoms with van der Waals surface area (Å²) >= 11 is 0. The number of nitrogens with zero attached hydrogens (tertiary/aromatic N) is 2. The van der Waals surface area contributed by atoms with Crippen molar-refractivity contribution in [2.45, 2.75) is 25.8 Å². The molecule has 0 saturated carbocycles. The number of nitrogens with one attached hydrogen (secondary N) is 1. The number of likely N-dealkylation sites (tertiary alicyclic amines) is 1. The Labute approximate surface area is 135 Å². The minimum Gasteiger partial charge on any atom is -0.497 e. The first kappa shape index (κ1) is 15.4. The predicted molar refractivity (Wildman–Crippen MR) is 85.5 cm³/mol. The Kier molecular flexibility index (Phi) is 4.50. The summed E-state index contributed by atoms with van der Waals surface area (Å²) in [6, 6.07) is 7.23. The van der Waals surface area contributed by atoms with Crippen LogP contribution in [0.1, 0.15) is 30.4 Å². The Balaban J connectivity index is 1.60. The first-order chi connectivity index (χ1) is 11.2. The topological polar surface area (TPSA) is 67.5 Å². The fourth-order valence-electron chi connectivity index (χ4n) is 2.85. The van der Waals surface area contributed by atoms with Gasteiger partial charge in [-0.25, -0.2) is 4.98 Å². The molecule has 1 fully saturated rings. The lowest BCUT2D eigenvalue weighted by atomic mass is 10.2. The molecule has 122 valence electrons. The zero-order valence-corrected chi connectivity index (χ0v) is 13.4. The summed E-state index contributed by atoms with van der Waals surface area (Å²) in [5, 5.41) is 0. The van der Waals surface area contributed by atoms with Crippen LogP contribution >= 0.6 is 0 Å². The highest BCUT2D eigenvalue weighted by molar-refractivity contribution is 5.78. The van der Waals surface area contributed by atoms with E-state index < -0.39 is 0 Å². The summed E-state index contributed by atoms with van der Waals surface area (Å²) in [5.41, 5.74) is 1.01. The predicted octanol–water partition coefficient (Wildman–Crippen LogP) is 2.47. The van der Waals surface area contributed by atoms with E-state index in [1.54, 1.807) is 25.4 Å². The fraction of sp³-hybridized carbons (Fsp3) is 0.412. The first-order valence-corrected chi connectivity index (χ1v) is 7.75. The quantitative estimate of drug-likeness (QED) is 0.920. The van der Waals surface area contributed by atoms with Crippen molar-refractivity contribution in [1.82, 2.24) is 14.9 Å². The summed E-state index contributed by atoms with van der Waals surface area (Å²) in [6.45, 7) is 2.74. The van der Waals surface area contributed by atoms with Gasteiger partial charge in [0, 0.05) is 18.4 Å². The fourth-order valence-corrected chi connectivity index (χ4v) is 2.85. The molecule has 2 aromatic rings. The number of ether oxygens (including phenoxy) is 2. The van der Waals surface area contributed by atoms with Gasteiger partial charge in [-0.3, -0.25) is 4.79 Å². The number of carbonyl (C=O) groups is 1. The van der Waals surface area contributed by atoms with Crippen molar-refractivity contribution in [1.29, 1.82) is 0 Å². The Bertz CT molecular complexity index is 666. The molecule has 1 saturated heterocycles. The van der Waals surface area contributed by atoms with Gasteiger partial charge in [-0.1, -0.05) is 0 Å². The van der Waals surface area contributed by atoms with Gasteiger partial charge >= 0.3 is 0 Å². The van der Waals surface area contributed by atoms with Crippen molar-refractivity contribution in [3.05, 3.63) is 42.0 Å². The van der Waals surface area contributed by atoms with Crippen LogP contribution in [0.3, 0.4) is 0 Å². The molecule has 1 aliphatic heterocycles. The van der Waals surface area contributed by atoms with Gasteiger partial charge in [0.05, 0.1) is 13.2 Å². The number of aromatic nitrogens is 2. The SMILES string of the molecule is COc1ccc(OCC(=O)N2CCC[C@H]2c2ncc(C)[nH]2)cc1. The smallest absolute Gasteiger partial charge is 0.261 e. The highest BCUT2D eigenvalue weighted by Crippen LogP contribution is 2.30. The molecule has 0 radical (unpaired) electrons. The van der Waals surface area contributed by atoms with Crippen molar-refractivity contribution < 1.29 is 14.3 Å². The number of aryl methyl sites for hydroxylation is 1. The van der Waals surface area contributed by atoms with Gasteiger partial charge < -0.3 is 19.4 Å². The monoisotopic (exact) mass is 315 g/mol. The third-order valence-corrected chi connectivity index (χ3v) is 4.03. The highest BCUT2D eigenvalue weighted by Gasteiger charge is 2.31. The van der Waals surface area contributed by atoms with E-state index in [-0.39, 0.29) is 18.6 Å². The molecule has 1 N–H and O–H groups in total. The second-order valence-corrected chi connectivity index (χ2v) is 5.66. The number of H-pyrrole nitrogens is 1. The molecule has 6 heteroatoms. The van der Waals surface area contributed by atoms with Crippen molar-refractivity contribution in [2.24, 2.45) is 0 Å². The van der Waals surface area contributed by atoms with Crippen molar-refractivity contribution >= 4 is 5.91 Å². The van der Waals surface area contributed by atoms with E-state index in [0.717, 1.165) is 36.7 Å². The molecular weight excluding hydrogens is 294 g/mol. The van der Waals surface area contributed by atoms with Crippen LogP contribution in [0.15, 0.2) is 30.5 Å². The van der Waals surface area contributed by atoms with Crippen molar-refractivity contribution in [3.63, 3.8) is 0 Å². The zero-order valence-electron chi connectivity index (χ0n) is 13.4. The Morgan fingerprint density at radius 2 is 2.09 bits per heavy atom. The maximum Gasteiger partial charge on any atom is 0.261 e. The molecule has 6 nitrogen and oxygen atoms in total. The number of hydrogen-bond donors (Lipinski definition) is 1. The number of amides is 1. The van der Waals surface area contributed by atoms with E-state index in [1.165, 1.54) is 0 Å². The molecule has 2 heterocycles. The molecule has 0 aliphatic carbocycles. The number of methoxy groups -OCH3 is 1. The van der Waals surface area contributed by atoms with Gasteiger partial charge in [-0.05, 0) is 44.0 Å². The van der Waals surface area contributed by atoms with E-state index in [4.69, 9.17) is 9.47 Å². The average Bonchev–Trinajstić information content (AvgIpc) is 3.21. The number of aromatic amines is 1. The van der Waals surface area contributed by atoms with Crippen LogP contribution in [0.5, 0.6) is 11.5 Å². The van der Waals surface area contributed by atoms with E-state index in [9.17, 15) is 4.79 Å². The Morgan fingerprint density at radius 1 is 1.35 bits per heavy atom. The van der Waals surface area contributed by atoms with Gasteiger partial charge in [0.15, 0.2) is 6.61 Å². The number of benzene rings is 1. The second-order valence-electron chi connectivity index (χ2n) is 5.66. The van der Waals surface area contributed by atoms with E-state index in [1.807, 2.05) is 24.0 Å². The molecule has 1 amide bonds. The normalized spacial score (nSPS) is 17.3. The van der Waals surface area contributed by atoms with E-state index >= 15 is 0 Å². The zero-order chi connectivity index (χ0) is 16.2. The maximum absolute atomic E-state index is 12.5. The van der Waals surface area contributed by atoms with Gasteiger partial charge in [0.2, 0.25) is 0 Å². The van der Waals surface area contributed by atoms with Crippen LogP contribution in [0.4, 0.5) is 0 Å². The largest absolute Gasteiger partial charge is 0.497 e. The molecular formula is C17H21N3O3. The van der Waals surface area contributed by atoms with Gasteiger partial charge in [-0.15, -0.1) is 0 Å². The molecule has 23 heavy (non-hydrogen) atoms. The minimum atomic E-state index is -0.0163. The van der Waals surface area contributed by atoms with Gasteiger partial charge in [0.1, 0.15) is 17.3 Å². The lowest BCUT2D eigenvalue weighted by Gasteiger charge is -2.23. The van der Waals surface area contributed by atoms with Crippen LogP contribution in [0.25, 0.3) is 0 Å². The third kappa shape index (κ3) is 3.47. The van der Waals surface area contributed by atoms with Crippen molar-refractivity contribution in [3.8, 4) is 11.5 Å². The maximum atomic E-state index is 12.5. The van der Waals surface area contributed by atoms with Crippen LogP contribution in [-0.2, 0) is 4.79 Å². The summed E-state index contributed by atoms with van der Waals surface area (Å²) < 4.78 is 10.7. The average molecular weight is 315 g/mol. The van der Waals surface area contributed by atoms with Crippen LogP contribution in [0.2, 0.25) is 0 Å². The molecule has 0 bridgehead atoms. The number of hydrogen-bond acceptors (Lipinski definition) is 4. The molecule has 1 aromatic heterocycles. The number of rotatable bonds is 5. The number of carbonyl (C=O) groups excluding carboxylic acids is 1. The molecule has 0 unspecified atom stereocenters. The Morgan fingerprint density at radius 3 is 2.74 bits per heavy atom. The van der Waals surface area contributed by atoms with Gasteiger partial charge in [0.25, 0.3) is 5.91 Å². The van der Waals surface area contributed by atoms with Crippen LogP contribution < -0.4 is 9.47 Å². The standard InChI is InChI=1S/C17H21N3O3/c1-12-10-18-17(19-12)15-4-3-9-20(15)16(21)11-23-14-7-5-13(22-2)6-8-14/h5-8,10,15H,3-4,9,11H2,1-2H3,(H,18,19)/t15-/m0/s1. The van der Waals surface area contributed by atoms with Crippen LogP contribution in [0, 0.1) is 6.92 Å². The molecule has 3 rings (SSSR count). The summed E-state index contributed by atoms with van der Waals surface area (Å²) in [7, 11) is 1.61. The summed E-state index contributed by atoms with van der Waals surface area (Å²) in [6.07, 6.45) is 3.71. The lowest BCUT2D eigenvalue weighted by Crippen LogP contribution is -2.34. The lowest BCUT2D eigenvalue weighted by molar-refractivity contribution is -0.134. The molecule has 1 atom stereocenters. The molecule has 1 aromatic carbocycles. The minimum absolute atomic E-state index is 0.0163. The molecule has 0 spiro atoms. The highest BCUT2D eigenvalue weighted by atomic mass is 16.5. The number of imidazole rings is 1. The summed E-state index contributed by atoms with van der Waals surface area (Å²) in [4.78, 5) is 21.9. The second kappa shape index (κ2) is 6.73.